The Balaban J connectivity index is 2.17. The maximum atomic E-state index is 12.6. The van der Waals surface area contributed by atoms with Gasteiger partial charge in [-0.1, -0.05) is 13.0 Å². The van der Waals surface area contributed by atoms with Crippen LogP contribution < -0.4 is 4.31 Å². The first-order valence-corrected chi connectivity index (χ1v) is 10.1. The molecule has 0 N–H and O–H groups in total. The van der Waals surface area contributed by atoms with Gasteiger partial charge in [-0.25, -0.2) is 8.42 Å². The van der Waals surface area contributed by atoms with Crippen molar-refractivity contribution in [2.75, 3.05) is 49.8 Å². The Bertz CT molecular complexity index is 675. The van der Waals surface area contributed by atoms with Crippen LogP contribution in [0, 0.1) is 13.8 Å². The highest BCUT2D eigenvalue weighted by Crippen LogP contribution is 2.21. The van der Waals surface area contributed by atoms with Gasteiger partial charge in [-0.3, -0.25) is 9.10 Å². The Morgan fingerprint density at radius 2 is 1.62 bits per heavy atom. The third-order valence-electron chi connectivity index (χ3n) is 4.35. The topological polar surface area (TPSA) is 60.9 Å². The van der Waals surface area contributed by atoms with Crippen molar-refractivity contribution < 1.29 is 13.2 Å². The summed E-state index contributed by atoms with van der Waals surface area (Å²) in [6.07, 6.45) is 1.15. The van der Waals surface area contributed by atoms with E-state index < -0.39 is 10.0 Å². The molecule has 1 aliphatic heterocycles. The number of aryl methyl sites for hydroxylation is 2. The average molecular weight is 353 g/mol. The molecule has 0 bridgehead atoms. The second kappa shape index (κ2) is 7.53. The lowest BCUT2D eigenvalue weighted by atomic mass is 10.1. The van der Waals surface area contributed by atoms with Crippen molar-refractivity contribution in [2.24, 2.45) is 0 Å². The van der Waals surface area contributed by atoms with Crippen LogP contribution in [-0.4, -0.2) is 69.6 Å². The lowest BCUT2D eigenvalue weighted by molar-refractivity contribution is -0.131. The van der Waals surface area contributed by atoms with Crippen molar-refractivity contribution in [3.63, 3.8) is 0 Å². The Labute approximate surface area is 145 Å². The van der Waals surface area contributed by atoms with Crippen molar-refractivity contribution >= 4 is 21.6 Å². The van der Waals surface area contributed by atoms with Crippen LogP contribution in [0.15, 0.2) is 18.2 Å². The first-order chi connectivity index (χ1) is 11.2. The number of nitrogens with zero attached hydrogens (tertiary/aromatic N) is 3. The number of benzene rings is 1. The molecule has 0 spiro atoms. The molecule has 1 aliphatic rings. The lowest BCUT2D eigenvalue weighted by Gasteiger charge is -2.35. The standard InChI is InChI=1S/C17H27N3O3S/c1-5-18-6-8-19(9-7-18)17(21)13-20(24(4,22)23)16-11-14(2)10-15(3)12-16/h10-12H,5-9,13H2,1-4H3. The minimum Gasteiger partial charge on any atom is -0.339 e. The molecule has 1 aromatic carbocycles. The molecule has 0 saturated carbocycles. The molecule has 1 amide bonds. The highest BCUT2D eigenvalue weighted by Gasteiger charge is 2.26. The molecule has 0 atom stereocenters. The Kier molecular flexibility index (Phi) is 5.87. The minimum absolute atomic E-state index is 0.143. The third-order valence-corrected chi connectivity index (χ3v) is 5.49. The van der Waals surface area contributed by atoms with Crippen molar-refractivity contribution in [1.82, 2.24) is 9.80 Å². The number of hydrogen-bond donors (Lipinski definition) is 0. The first kappa shape index (κ1) is 18.7. The van der Waals surface area contributed by atoms with Gasteiger partial charge in [0.15, 0.2) is 0 Å². The third kappa shape index (κ3) is 4.70. The van der Waals surface area contributed by atoms with Gasteiger partial charge in [-0.05, 0) is 43.7 Å². The van der Waals surface area contributed by atoms with E-state index in [4.69, 9.17) is 0 Å². The molecule has 1 fully saturated rings. The monoisotopic (exact) mass is 353 g/mol. The van der Waals surface area contributed by atoms with E-state index in [0.717, 1.165) is 37.0 Å². The predicted octanol–water partition coefficient (Wildman–Crippen LogP) is 1.23. The molecule has 24 heavy (non-hydrogen) atoms. The van der Waals surface area contributed by atoms with Crippen LogP contribution in [0.2, 0.25) is 0 Å². The number of amides is 1. The molecule has 7 heteroatoms. The van der Waals surface area contributed by atoms with Crippen molar-refractivity contribution in [1.29, 1.82) is 0 Å². The molecule has 0 unspecified atom stereocenters. The van der Waals surface area contributed by atoms with Crippen molar-refractivity contribution in [3.05, 3.63) is 29.3 Å². The Morgan fingerprint density at radius 3 is 2.08 bits per heavy atom. The highest BCUT2D eigenvalue weighted by molar-refractivity contribution is 7.92. The molecule has 0 aliphatic carbocycles. The molecule has 2 rings (SSSR count). The van der Waals surface area contributed by atoms with Crippen LogP contribution in [0.1, 0.15) is 18.1 Å². The summed E-state index contributed by atoms with van der Waals surface area (Å²) in [5.41, 5.74) is 2.50. The highest BCUT2D eigenvalue weighted by atomic mass is 32.2. The van der Waals surface area contributed by atoms with Gasteiger partial charge in [-0.2, -0.15) is 0 Å². The van der Waals surface area contributed by atoms with Crippen LogP contribution in [0.3, 0.4) is 0 Å². The number of hydrogen-bond acceptors (Lipinski definition) is 4. The number of sulfonamides is 1. The fraction of sp³-hybridized carbons (Fsp3) is 0.588. The summed E-state index contributed by atoms with van der Waals surface area (Å²) in [5, 5.41) is 0. The Morgan fingerprint density at radius 1 is 1.08 bits per heavy atom. The number of likely N-dealkylation sites (N-methyl/N-ethyl adjacent to an activating group) is 1. The summed E-state index contributed by atoms with van der Waals surface area (Å²) >= 11 is 0. The molecule has 0 radical (unpaired) electrons. The van der Waals surface area contributed by atoms with Crippen molar-refractivity contribution in [2.45, 2.75) is 20.8 Å². The number of piperazine rings is 1. The SMILES string of the molecule is CCN1CCN(C(=O)CN(c2cc(C)cc(C)c2)S(C)(=O)=O)CC1. The van der Waals surface area contributed by atoms with Gasteiger partial charge >= 0.3 is 0 Å². The summed E-state index contributed by atoms with van der Waals surface area (Å²) in [7, 11) is -3.53. The van der Waals surface area contributed by atoms with E-state index in [2.05, 4.69) is 11.8 Å². The fourth-order valence-corrected chi connectivity index (χ4v) is 3.86. The Hall–Kier alpha value is -1.60. The van der Waals surface area contributed by atoms with Crippen LogP contribution in [0.4, 0.5) is 5.69 Å². The summed E-state index contributed by atoms with van der Waals surface area (Å²) in [6.45, 7) is 9.74. The number of carbonyl (C=O) groups is 1. The van der Waals surface area contributed by atoms with Gasteiger partial charge in [0.2, 0.25) is 15.9 Å². The quantitative estimate of drug-likeness (QED) is 0.799. The molecular weight excluding hydrogens is 326 g/mol. The van der Waals surface area contributed by atoms with E-state index in [9.17, 15) is 13.2 Å². The first-order valence-electron chi connectivity index (χ1n) is 8.27. The van der Waals surface area contributed by atoms with Gasteiger partial charge < -0.3 is 9.80 Å². The van der Waals surface area contributed by atoms with Crippen LogP contribution in [0.25, 0.3) is 0 Å². The van der Waals surface area contributed by atoms with E-state index in [0.29, 0.717) is 18.8 Å². The minimum atomic E-state index is -3.53. The van der Waals surface area contributed by atoms with E-state index in [-0.39, 0.29) is 12.5 Å². The summed E-state index contributed by atoms with van der Waals surface area (Å²) < 4.78 is 25.6. The predicted molar refractivity (Wildman–Crippen MR) is 96.8 cm³/mol. The molecule has 6 nitrogen and oxygen atoms in total. The number of anilines is 1. The van der Waals surface area contributed by atoms with Crippen LogP contribution >= 0.6 is 0 Å². The van der Waals surface area contributed by atoms with E-state index in [1.165, 1.54) is 4.31 Å². The van der Waals surface area contributed by atoms with E-state index in [1.807, 2.05) is 19.9 Å². The van der Waals surface area contributed by atoms with Gasteiger partial charge in [-0.15, -0.1) is 0 Å². The smallest absolute Gasteiger partial charge is 0.243 e. The number of rotatable bonds is 5. The van der Waals surface area contributed by atoms with Crippen LogP contribution in [-0.2, 0) is 14.8 Å². The van der Waals surface area contributed by atoms with E-state index >= 15 is 0 Å². The fourth-order valence-electron chi connectivity index (χ4n) is 3.03. The molecule has 1 heterocycles. The molecular formula is C17H27N3O3S. The van der Waals surface area contributed by atoms with Gasteiger partial charge in [0.1, 0.15) is 6.54 Å². The second-order valence-corrected chi connectivity index (χ2v) is 8.34. The zero-order chi connectivity index (χ0) is 17.9. The van der Waals surface area contributed by atoms with Crippen LogP contribution in [0.5, 0.6) is 0 Å². The molecule has 1 aromatic rings. The largest absolute Gasteiger partial charge is 0.339 e. The van der Waals surface area contributed by atoms with Crippen molar-refractivity contribution in [3.8, 4) is 0 Å². The van der Waals surface area contributed by atoms with Gasteiger partial charge in [0, 0.05) is 26.2 Å². The average Bonchev–Trinajstić information content (AvgIpc) is 2.50. The summed E-state index contributed by atoms with van der Waals surface area (Å²) in [6, 6.07) is 5.59. The van der Waals surface area contributed by atoms with Gasteiger partial charge in [0.25, 0.3) is 0 Å². The zero-order valence-corrected chi connectivity index (χ0v) is 15.8. The molecule has 1 saturated heterocycles. The summed E-state index contributed by atoms with van der Waals surface area (Å²) in [4.78, 5) is 16.6. The van der Waals surface area contributed by atoms with Gasteiger partial charge in [0.05, 0.1) is 11.9 Å². The second-order valence-electron chi connectivity index (χ2n) is 6.43. The van der Waals surface area contributed by atoms with E-state index in [1.54, 1.807) is 17.0 Å². The lowest BCUT2D eigenvalue weighted by Crippen LogP contribution is -2.51. The molecule has 134 valence electrons. The maximum absolute atomic E-state index is 12.6. The number of carbonyl (C=O) groups excluding carboxylic acids is 1. The normalized spacial score (nSPS) is 16.2. The summed E-state index contributed by atoms with van der Waals surface area (Å²) in [5.74, 6) is -0.143. The molecule has 0 aromatic heterocycles. The maximum Gasteiger partial charge on any atom is 0.243 e. The zero-order valence-electron chi connectivity index (χ0n) is 14.9.